The standard InChI is InChI=1S/C16H23N3OS/c1-4-5-6-9-19(11(2)3)16(20)15-14(17)12-7-8-18-10-13(12)21-15/h7-8,10-11H,4-6,9,17H2,1-3H3. The van der Waals surface area contributed by atoms with E-state index in [1.54, 1.807) is 12.4 Å². The summed E-state index contributed by atoms with van der Waals surface area (Å²) in [5, 5.41) is 0.926. The van der Waals surface area contributed by atoms with Crippen LogP contribution < -0.4 is 5.73 Å². The van der Waals surface area contributed by atoms with E-state index in [0.717, 1.165) is 35.9 Å². The molecule has 114 valence electrons. The first-order valence-electron chi connectivity index (χ1n) is 7.49. The molecule has 0 aromatic carbocycles. The van der Waals surface area contributed by atoms with Gasteiger partial charge in [-0.3, -0.25) is 9.78 Å². The molecule has 2 N–H and O–H groups in total. The molecule has 0 unspecified atom stereocenters. The van der Waals surface area contributed by atoms with Gasteiger partial charge in [0.15, 0.2) is 0 Å². The summed E-state index contributed by atoms with van der Waals surface area (Å²) < 4.78 is 0.968. The molecular formula is C16H23N3OS. The van der Waals surface area contributed by atoms with Gasteiger partial charge < -0.3 is 10.6 Å². The maximum absolute atomic E-state index is 12.8. The van der Waals surface area contributed by atoms with Gasteiger partial charge in [0, 0.05) is 30.4 Å². The van der Waals surface area contributed by atoms with E-state index in [-0.39, 0.29) is 11.9 Å². The quantitative estimate of drug-likeness (QED) is 0.823. The maximum atomic E-state index is 12.8. The molecule has 0 bridgehead atoms. The zero-order chi connectivity index (χ0) is 15.4. The van der Waals surface area contributed by atoms with Gasteiger partial charge in [0.25, 0.3) is 5.91 Å². The molecule has 2 aromatic heterocycles. The number of carbonyl (C=O) groups is 1. The molecule has 0 spiro atoms. The Labute approximate surface area is 130 Å². The zero-order valence-electron chi connectivity index (χ0n) is 12.9. The number of hydrogen-bond donors (Lipinski definition) is 1. The van der Waals surface area contributed by atoms with Gasteiger partial charge >= 0.3 is 0 Å². The van der Waals surface area contributed by atoms with Crippen molar-refractivity contribution in [1.82, 2.24) is 9.88 Å². The van der Waals surface area contributed by atoms with Crippen molar-refractivity contribution in [3.63, 3.8) is 0 Å². The Morgan fingerprint density at radius 3 is 2.81 bits per heavy atom. The molecule has 0 aliphatic rings. The third-order valence-electron chi connectivity index (χ3n) is 3.61. The molecule has 4 nitrogen and oxygen atoms in total. The fourth-order valence-corrected chi connectivity index (χ4v) is 3.43. The monoisotopic (exact) mass is 305 g/mol. The Hall–Kier alpha value is -1.62. The number of hydrogen-bond acceptors (Lipinski definition) is 4. The summed E-state index contributed by atoms with van der Waals surface area (Å²) in [6, 6.07) is 2.05. The molecule has 0 aliphatic heterocycles. The van der Waals surface area contributed by atoms with Gasteiger partial charge in [-0.2, -0.15) is 0 Å². The molecule has 21 heavy (non-hydrogen) atoms. The van der Waals surface area contributed by atoms with Crippen LogP contribution in [0, 0.1) is 0 Å². The number of pyridine rings is 1. The van der Waals surface area contributed by atoms with Gasteiger partial charge in [0.2, 0.25) is 0 Å². The second kappa shape index (κ2) is 6.89. The second-order valence-corrected chi connectivity index (χ2v) is 6.57. The fraction of sp³-hybridized carbons (Fsp3) is 0.500. The van der Waals surface area contributed by atoms with Crippen LogP contribution in [0.2, 0.25) is 0 Å². The predicted molar refractivity (Wildman–Crippen MR) is 89.7 cm³/mol. The van der Waals surface area contributed by atoms with Crippen molar-refractivity contribution in [3.8, 4) is 0 Å². The molecule has 0 radical (unpaired) electrons. The van der Waals surface area contributed by atoms with Crippen LogP contribution in [-0.4, -0.2) is 28.4 Å². The number of thiophene rings is 1. The van der Waals surface area contributed by atoms with Crippen LogP contribution in [0.25, 0.3) is 10.1 Å². The minimum absolute atomic E-state index is 0.0415. The lowest BCUT2D eigenvalue weighted by Crippen LogP contribution is -2.37. The molecule has 1 amide bonds. The molecule has 0 saturated carbocycles. The topological polar surface area (TPSA) is 59.2 Å². The van der Waals surface area contributed by atoms with E-state index in [0.29, 0.717) is 10.6 Å². The summed E-state index contributed by atoms with van der Waals surface area (Å²) in [5.74, 6) is 0.0415. The Bertz CT molecular complexity index is 621. The molecule has 2 aromatic rings. The normalized spacial score (nSPS) is 11.2. The smallest absolute Gasteiger partial charge is 0.266 e. The van der Waals surface area contributed by atoms with E-state index in [1.807, 2.05) is 11.0 Å². The van der Waals surface area contributed by atoms with Gasteiger partial charge in [-0.05, 0) is 26.3 Å². The number of nitrogens with two attached hydrogens (primary N) is 1. The largest absolute Gasteiger partial charge is 0.397 e. The van der Waals surface area contributed by atoms with E-state index < -0.39 is 0 Å². The summed E-state index contributed by atoms with van der Waals surface area (Å²) in [5.41, 5.74) is 6.75. The first-order valence-corrected chi connectivity index (χ1v) is 8.30. The number of nitrogens with zero attached hydrogens (tertiary/aromatic N) is 2. The Balaban J connectivity index is 2.28. The number of anilines is 1. The van der Waals surface area contributed by atoms with Gasteiger partial charge in [-0.15, -0.1) is 11.3 Å². The highest BCUT2D eigenvalue weighted by molar-refractivity contribution is 7.21. The summed E-state index contributed by atoms with van der Waals surface area (Å²) >= 11 is 1.44. The van der Waals surface area contributed by atoms with Gasteiger partial charge in [-0.1, -0.05) is 19.8 Å². The van der Waals surface area contributed by atoms with Crippen LogP contribution in [0.1, 0.15) is 49.7 Å². The van der Waals surface area contributed by atoms with Crippen molar-refractivity contribution in [2.45, 2.75) is 46.1 Å². The third-order valence-corrected chi connectivity index (χ3v) is 4.76. The first-order chi connectivity index (χ1) is 10.1. The average Bonchev–Trinajstić information content (AvgIpc) is 2.80. The van der Waals surface area contributed by atoms with E-state index in [2.05, 4.69) is 25.8 Å². The maximum Gasteiger partial charge on any atom is 0.266 e. The summed E-state index contributed by atoms with van der Waals surface area (Å²) in [6.07, 6.45) is 6.80. The molecule has 5 heteroatoms. The molecule has 2 rings (SSSR count). The van der Waals surface area contributed by atoms with Gasteiger partial charge in [0.05, 0.1) is 10.4 Å². The van der Waals surface area contributed by atoms with Crippen molar-refractivity contribution >= 4 is 33.0 Å². The van der Waals surface area contributed by atoms with Crippen molar-refractivity contribution < 1.29 is 4.79 Å². The highest BCUT2D eigenvalue weighted by atomic mass is 32.1. The van der Waals surface area contributed by atoms with E-state index in [1.165, 1.54) is 11.3 Å². The third kappa shape index (κ3) is 3.35. The zero-order valence-corrected chi connectivity index (χ0v) is 13.7. The minimum Gasteiger partial charge on any atom is -0.397 e. The lowest BCUT2D eigenvalue weighted by molar-refractivity contribution is 0.0708. The molecule has 2 heterocycles. The Morgan fingerprint density at radius 1 is 1.43 bits per heavy atom. The highest BCUT2D eigenvalue weighted by Gasteiger charge is 2.23. The van der Waals surface area contributed by atoms with Gasteiger partial charge in [0.1, 0.15) is 4.88 Å². The van der Waals surface area contributed by atoms with Crippen LogP contribution in [-0.2, 0) is 0 Å². The molecule has 0 aliphatic carbocycles. The van der Waals surface area contributed by atoms with Crippen LogP contribution in [0.4, 0.5) is 5.69 Å². The Kier molecular flexibility index (Phi) is 5.17. The number of amides is 1. The number of nitrogen functional groups attached to an aromatic ring is 1. The van der Waals surface area contributed by atoms with Crippen molar-refractivity contribution in [2.75, 3.05) is 12.3 Å². The predicted octanol–water partition coefficient (Wildman–Crippen LogP) is 3.92. The van der Waals surface area contributed by atoms with Crippen molar-refractivity contribution in [1.29, 1.82) is 0 Å². The SMILES string of the molecule is CCCCCN(C(=O)c1sc2cnccc2c1N)C(C)C. The van der Waals surface area contributed by atoms with E-state index >= 15 is 0 Å². The number of unbranched alkanes of at least 4 members (excludes halogenated alkanes) is 2. The summed E-state index contributed by atoms with van der Waals surface area (Å²) in [4.78, 5) is 19.5. The fourth-order valence-electron chi connectivity index (χ4n) is 2.39. The summed E-state index contributed by atoms with van der Waals surface area (Å²) in [7, 11) is 0. The van der Waals surface area contributed by atoms with Crippen molar-refractivity contribution in [3.05, 3.63) is 23.3 Å². The lowest BCUT2D eigenvalue weighted by Gasteiger charge is -2.26. The minimum atomic E-state index is 0.0415. The van der Waals surface area contributed by atoms with Crippen LogP contribution >= 0.6 is 11.3 Å². The molecule has 0 saturated heterocycles. The number of fused-ring (bicyclic) bond motifs is 1. The number of aromatic nitrogens is 1. The average molecular weight is 305 g/mol. The lowest BCUT2D eigenvalue weighted by atomic mass is 10.2. The number of carbonyl (C=O) groups excluding carboxylic acids is 1. The number of rotatable bonds is 6. The first kappa shape index (κ1) is 15.8. The molecule has 0 fully saturated rings. The van der Waals surface area contributed by atoms with Crippen LogP contribution in [0.5, 0.6) is 0 Å². The second-order valence-electron chi connectivity index (χ2n) is 5.52. The molecule has 0 atom stereocenters. The Morgan fingerprint density at radius 2 is 2.19 bits per heavy atom. The van der Waals surface area contributed by atoms with Crippen molar-refractivity contribution in [2.24, 2.45) is 0 Å². The van der Waals surface area contributed by atoms with Crippen LogP contribution in [0.15, 0.2) is 18.5 Å². The van der Waals surface area contributed by atoms with Gasteiger partial charge in [-0.25, -0.2) is 0 Å². The van der Waals surface area contributed by atoms with E-state index in [9.17, 15) is 4.79 Å². The highest BCUT2D eigenvalue weighted by Crippen LogP contribution is 2.34. The van der Waals surface area contributed by atoms with E-state index in [4.69, 9.17) is 5.73 Å². The molecular weight excluding hydrogens is 282 g/mol. The van der Waals surface area contributed by atoms with Crippen LogP contribution in [0.3, 0.4) is 0 Å². The summed E-state index contributed by atoms with van der Waals surface area (Å²) in [6.45, 7) is 7.05.